The van der Waals surface area contributed by atoms with Crippen LogP contribution >= 0.6 is 0 Å². The van der Waals surface area contributed by atoms with E-state index in [1.165, 1.54) is 12.1 Å². The monoisotopic (exact) mass is 416 g/mol. The topological polar surface area (TPSA) is 51.1 Å². The first kappa shape index (κ1) is 19.7. The highest BCUT2D eigenvalue weighted by atomic mass is 19.1. The van der Waals surface area contributed by atoms with Gasteiger partial charge < -0.3 is 9.88 Å². The molecular weight excluding hydrogens is 391 g/mol. The molecule has 2 aliphatic rings. The average Bonchev–Trinajstić information content (AvgIpc) is 3.02. The lowest BCUT2D eigenvalue weighted by atomic mass is 9.75. The number of Topliss-reactive ketones (excluding diaryl/α,β-unsaturated/α-hetero) is 1. The van der Waals surface area contributed by atoms with Gasteiger partial charge in [0, 0.05) is 36.1 Å². The van der Waals surface area contributed by atoms with E-state index in [-0.39, 0.29) is 22.9 Å². The summed E-state index contributed by atoms with van der Waals surface area (Å²) in [4.78, 5) is 25.6. The van der Waals surface area contributed by atoms with Gasteiger partial charge in [-0.15, -0.1) is 0 Å². The van der Waals surface area contributed by atoms with Gasteiger partial charge in [-0.1, -0.05) is 26.0 Å². The third-order valence-electron chi connectivity index (χ3n) is 6.39. The minimum absolute atomic E-state index is 0.105. The Labute approximate surface area is 181 Å². The van der Waals surface area contributed by atoms with Gasteiger partial charge in [0.05, 0.1) is 5.56 Å². The van der Waals surface area contributed by atoms with Crippen LogP contribution in [-0.4, -0.2) is 22.8 Å². The molecule has 158 valence electrons. The lowest BCUT2D eigenvalue weighted by Crippen LogP contribution is -2.32. The fraction of sp³-hybridized carbons (Fsp3) is 0.308. The lowest BCUT2D eigenvalue weighted by molar-refractivity contribution is 0.0908. The molecule has 1 aliphatic carbocycles. The summed E-state index contributed by atoms with van der Waals surface area (Å²) in [6, 6.07) is 10.3. The zero-order chi connectivity index (χ0) is 21.9. The Morgan fingerprint density at radius 2 is 1.87 bits per heavy atom. The number of carbonyl (C=O) groups is 2. The maximum atomic E-state index is 14.0. The van der Waals surface area contributed by atoms with Crippen molar-refractivity contribution in [3.05, 3.63) is 76.4 Å². The van der Waals surface area contributed by atoms with Crippen molar-refractivity contribution in [2.24, 2.45) is 5.41 Å². The van der Waals surface area contributed by atoms with Crippen molar-refractivity contribution in [3.8, 4) is 16.8 Å². The highest BCUT2D eigenvalue weighted by Crippen LogP contribution is 2.39. The molecule has 4 nitrogen and oxygen atoms in total. The third kappa shape index (κ3) is 3.29. The molecule has 0 saturated carbocycles. The number of hydrogen-bond acceptors (Lipinski definition) is 2. The van der Waals surface area contributed by atoms with Crippen LogP contribution in [0, 0.1) is 18.2 Å². The van der Waals surface area contributed by atoms with Crippen LogP contribution in [0.2, 0.25) is 0 Å². The molecule has 2 heterocycles. The molecular formula is C26H25FN2O2. The normalized spacial score (nSPS) is 17.2. The Morgan fingerprint density at radius 1 is 1.06 bits per heavy atom. The van der Waals surface area contributed by atoms with Gasteiger partial charge in [-0.25, -0.2) is 4.39 Å². The minimum atomic E-state index is -0.339. The van der Waals surface area contributed by atoms with E-state index in [0.717, 1.165) is 34.5 Å². The van der Waals surface area contributed by atoms with E-state index in [2.05, 4.69) is 23.7 Å². The van der Waals surface area contributed by atoms with E-state index < -0.39 is 0 Å². The Morgan fingerprint density at radius 3 is 2.65 bits per heavy atom. The standard InChI is InChI=1S/C26H25FN2O2/c1-15-14-29(21-12-26(2,3)13-22(30)23(15)21)19-10-17-7-8-28-25(31)24(17)20(11-19)16-5-4-6-18(27)9-16/h4-6,9-11,14H,7-8,12-13H2,1-3H3,(H,28,31). The van der Waals surface area contributed by atoms with Crippen molar-refractivity contribution >= 4 is 11.7 Å². The predicted molar refractivity (Wildman–Crippen MR) is 118 cm³/mol. The molecule has 2 aromatic carbocycles. The fourth-order valence-corrected chi connectivity index (χ4v) is 5.08. The first-order chi connectivity index (χ1) is 14.7. The molecule has 1 amide bonds. The highest BCUT2D eigenvalue weighted by molar-refractivity contribution is 6.04. The lowest BCUT2D eigenvalue weighted by Gasteiger charge is -2.30. The van der Waals surface area contributed by atoms with Crippen molar-refractivity contribution in [2.45, 2.75) is 40.0 Å². The second-order valence-electron chi connectivity index (χ2n) is 9.49. The third-order valence-corrected chi connectivity index (χ3v) is 6.39. The number of nitrogens with one attached hydrogen (secondary N) is 1. The van der Waals surface area contributed by atoms with Crippen molar-refractivity contribution < 1.29 is 14.0 Å². The maximum absolute atomic E-state index is 14.0. The Kier molecular flexibility index (Phi) is 4.40. The zero-order valence-corrected chi connectivity index (χ0v) is 18.0. The molecule has 0 fully saturated rings. The zero-order valence-electron chi connectivity index (χ0n) is 18.0. The summed E-state index contributed by atoms with van der Waals surface area (Å²) in [5, 5.41) is 2.91. The highest BCUT2D eigenvalue weighted by Gasteiger charge is 2.35. The van der Waals surface area contributed by atoms with Gasteiger partial charge in [-0.2, -0.15) is 0 Å². The summed E-state index contributed by atoms with van der Waals surface area (Å²) >= 11 is 0. The smallest absolute Gasteiger partial charge is 0.252 e. The number of nitrogens with zero attached hydrogens (tertiary/aromatic N) is 1. The van der Waals surface area contributed by atoms with Crippen LogP contribution in [0.5, 0.6) is 0 Å². The van der Waals surface area contributed by atoms with Gasteiger partial charge in [-0.05, 0) is 71.7 Å². The van der Waals surface area contributed by atoms with E-state index in [9.17, 15) is 14.0 Å². The van der Waals surface area contributed by atoms with Gasteiger partial charge in [0.25, 0.3) is 5.91 Å². The SMILES string of the molecule is Cc1cn(-c2cc3c(c(-c4cccc(F)c4)c2)C(=O)NCC3)c2c1C(=O)CC(C)(C)C2. The minimum Gasteiger partial charge on any atom is -0.352 e. The maximum Gasteiger partial charge on any atom is 0.252 e. The summed E-state index contributed by atoms with van der Waals surface area (Å²) in [6.07, 6.45) is 4.08. The first-order valence-electron chi connectivity index (χ1n) is 10.7. The molecule has 0 saturated heterocycles. The van der Waals surface area contributed by atoms with Gasteiger partial charge >= 0.3 is 0 Å². The molecule has 1 N–H and O–H groups in total. The first-order valence-corrected chi connectivity index (χ1v) is 10.7. The average molecular weight is 416 g/mol. The number of halogens is 1. The molecule has 5 rings (SSSR count). The van der Waals surface area contributed by atoms with Crippen LogP contribution in [-0.2, 0) is 12.8 Å². The van der Waals surface area contributed by atoms with Crippen LogP contribution in [0.15, 0.2) is 42.6 Å². The number of amides is 1. The van der Waals surface area contributed by atoms with Crippen molar-refractivity contribution in [1.82, 2.24) is 9.88 Å². The number of aromatic nitrogens is 1. The number of benzene rings is 2. The Hall–Kier alpha value is -3.21. The number of aryl methyl sites for hydroxylation is 1. The number of fused-ring (bicyclic) bond motifs is 2. The van der Waals surface area contributed by atoms with Crippen LogP contribution in [0.1, 0.15) is 57.8 Å². The van der Waals surface area contributed by atoms with E-state index in [1.807, 2.05) is 31.3 Å². The molecule has 0 spiro atoms. The van der Waals surface area contributed by atoms with Crippen LogP contribution in [0.4, 0.5) is 4.39 Å². The van der Waals surface area contributed by atoms with E-state index in [0.29, 0.717) is 36.1 Å². The Balaban J connectivity index is 1.76. The molecule has 0 atom stereocenters. The number of carbonyl (C=O) groups excluding carboxylic acids is 2. The second kappa shape index (κ2) is 6.91. The van der Waals surface area contributed by atoms with Crippen LogP contribution < -0.4 is 5.32 Å². The van der Waals surface area contributed by atoms with Gasteiger partial charge in [0.2, 0.25) is 0 Å². The number of hydrogen-bond donors (Lipinski definition) is 1. The van der Waals surface area contributed by atoms with E-state index in [4.69, 9.17) is 0 Å². The predicted octanol–water partition coefficient (Wildman–Crippen LogP) is 5.03. The summed E-state index contributed by atoms with van der Waals surface area (Å²) in [7, 11) is 0. The van der Waals surface area contributed by atoms with Crippen molar-refractivity contribution in [2.75, 3.05) is 6.54 Å². The van der Waals surface area contributed by atoms with Crippen LogP contribution in [0.25, 0.3) is 16.8 Å². The molecule has 3 aromatic rings. The summed E-state index contributed by atoms with van der Waals surface area (Å²) in [6.45, 7) is 6.79. The molecule has 1 aromatic heterocycles. The van der Waals surface area contributed by atoms with Gasteiger partial charge in [0.15, 0.2) is 5.78 Å². The van der Waals surface area contributed by atoms with E-state index >= 15 is 0 Å². The van der Waals surface area contributed by atoms with Gasteiger partial charge in [-0.3, -0.25) is 9.59 Å². The molecule has 0 radical (unpaired) electrons. The summed E-state index contributed by atoms with van der Waals surface area (Å²) in [5.41, 5.74) is 6.55. The largest absolute Gasteiger partial charge is 0.352 e. The molecule has 5 heteroatoms. The van der Waals surface area contributed by atoms with Crippen LogP contribution in [0.3, 0.4) is 0 Å². The van der Waals surface area contributed by atoms with Crippen molar-refractivity contribution in [3.63, 3.8) is 0 Å². The van der Waals surface area contributed by atoms with E-state index in [1.54, 1.807) is 6.07 Å². The Bertz CT molecular complexity index is 1250. The fourth-order valence-electron chi connectivity index (χ4n) is 5.08. The molecule has 0 unspecified atom stereocenters. The second-order valence-corrected chi connectivity index (χ2v) is 9.49. The van der Waals surface area contributed by atoms with Gasteiger partial charge in [0.1, 0.15) is 5.82 Å². The molecule has 0 bridgehead atoms. The number of ketones is 1. The number of rotatable bonds is 2. The van der Waals surface area contributed by atoms with Crippen molar-refractivity contribution in [1.29, 1.82) is 0 Å². The molecule has 1 aliphatic heterocycles. The molecule has 31 heavy (non-hydrogen) atoms. The summed E-state index contributed by atoms with van der Waals surface area (Å²) in [5.74, 6) is -0.284. The summed E-state index contributed by atoms with van der Waals surface area (Å²) < 4.78 is 16.1. The quantitative estimate of drug-likeness (QED) is 0.637.